The first-order chi connectivity index (χ1) is 24.0. The Hall–Kier alpha value is -3.78. The fraction of sp³-hybridized carbons (Fsp3) is 0.543. The van der Waals surface area contributed by atoms with Gasteiger partial charge in [-0.15, -0.1) is 0 Å². The quantitative estimate of drug-likeness (QED) is 0.0265. The predicted molar refractivity (Wildman–Crippen MR) is 199 cm³/mol. The molecule has 0 spiro atoms. The molecule has 1 unspecified atom stereocenters. The molecule has 18 heteroatoms. The van der Waals surface area contributed by atoms with E-state index in [1.807, 2.05) is 54.5 Å². The van der Waals surface area contributed by atoms with Crippen molar-refractivity contribution < 1.29 is 80.9 Å². The zero-order valence-corrected chi connectivity index (χ0v) is 36.3. The third-order valence-electron chi connectivity index (χ3n) is 4.92. The van der Waals surface area contributed by atoms with Gasteiger partial charge in [0.05, 0.1) is 21.3 Å². The molecule has 2 atom stereocenters. The average Bonchev–Trinajstić information content (AvgIpc) is 3.06. The third kappa shape index (κ3) is 39.3. The minimum Gasteiger partial charge on any atom is -0.467 e. The monoisotopic (exact) mass is 865 g/mol. The smallest absolute Gasteiger partial charge is 0.363 e. The Kier molecular flexibility index (Phi) is 43.9. The van der Waals surface area contributed by atoms with Crippen molar-refractivity contribution in [2.75, 3.05) is 35.5 Å². The van der Waals surface area contributed by atoms with Gasteiger partial charge in [0.1, 0.15) is 18.0 Å². The summed E-state index contributed by atoms with van der Waals surface area (Å²) in [4.78, 5) is 75.4. The molecule has 0 aliphatic rings. The van der Waals surface area contributed by atoms with Gasteiger partial charge in [-0.1, -0.05) is 35.8 Å². The summed E-state index contributed by atoms with van der Waals surface area (Å²) in [6, 6.07) is -0.576. The van der Waals surface area contributed by atoms with Crippen molar-refractivity contribution in [3.8, 4) is 0 Å². The molecule has 3 N–H and O–H groups in total. The Labute approximate surface area is 328 Å². The summed E-state index contributed by atoms with van der Waals surface area (Å²) in [5.74, 6) is -4.39. The van der Waals surface area contributed by atoms with Crippen molar-refractivity contribution >= 4 is 49.5 Å². The van der Waals surface area contributed by atoms with Crippen LogP contribution in [0.25, 0.3) is 0 Å². The molecule has 0 aliphatic heterocycles. The van der Waals surface area contributed by atoms with Gasteiger partial charge in [-0.3, -0.25) is 23.7 Å². The molecule has 16 nitrogen and oxygen atoms in total. The first-order valence-electron chi connectivity index (χ1n) is 15.7. The van der Waals surface area contributed by atoms with Gasteiger partial charge in [-0.25, -0.2) is 14.4 Å². The number of ether oxygens (including phenoxy) is 3. The van der Waals surface area contributed by atoms with Gasteiger partial charge in [0.15, 0.2) is 0 Å². The van der Waals surface area contributed by atoms with Gasteiger partial charge in [-0.05, 0) is 60.1 Å². The fourth-order valence-corrected chi connectivity index (χ4v) is 3.93. The maximum Gasteiger partial charge on any atom is 0.363 e. The largest absolute Gasteiger partial charge is 0.467 e. The molecule has 0 bridgehead atoms. The molecule has 0 aromatic heterocycles. The number of rotatable bonds is 13. The number of amides is 3. The molecule has 53 heavy (non-hydrogen) atoms. The van der Waals surface area contributed by atoms with E-state index in [9.17, 15) is 38.1 Å². The summed E-state index contributed by atoms with van der Waals surface area (Å²) in [7, 11) is 2.18. The van der Waals surface area contributed by atoms with Crippen LogP contribution >= 0.6 is 7.60 Å². The molecule has 0 aromatic rings. The van der Waals surface area contributed by atoms with Crippen molar-refractivity contribution in [1.29, 1.82) is 0 Å². The number of hydrogen-bond acceptors (Lipinski definition) is 13. The van der Waals surface area contributed by atoms with Crippen LogP contribution in [-0.2, 0) is 80.9 Å². The van der Waals surface area contributed by atoms with Crippen molar-refractivity contribution in [3.63, 3.8) is 0 Å². The molecular weight excluding hydrogens is 804 g/mol. The molecule has 0 aliphatic carbocycles. The number of aldehydes is 1. The molecule has 0 heterocycles. The zero-order chi connectivity index (χ0) is 42.0. The summed E-state index contributed by atoms with van der Waals surface area (Å²) in [5.41, 5.74) is 3.31. The maximum atomic E-state index is 11.8. The van der Waals surface area contributed by atoms with E-state index in [-0.39, 0.29) is 37.0 Å². The Morgan fingerprint density at radius 1 is 0.660 bits per heavy atom. The molecule has 309 valence electrons. The van der Waals surface area contributed by atoms with Crippen LogP contribution in [0.2, 0.25) is 0 Å². The van der Waals surface area contributed by atoms with Gasteiger partial charge in [0, 0.05) is 54.5 Å². The number of nitrogens with one attached hydrogen (secondary N) is 3. The van der Waals surface area contributed by atoms with Gasteiger partial charge in [0.25, 0.3) is 0 Å². The van der Waals surface area contributed by atoms with Gasteiger partial charge in [0.2, 0.25) is 23.5 Å². The van der Waals surface area contributed by atoms with E-state index < -0.39 is 43.2 Å². The predicted octanol–water partition coefficient (Wildman–Crippen LogP) is 4.65. The SMILES string of the molecule is CC(C)=CC=O.COC(=O)/C(=C/C=C(C)C)NC(C)=O.COC(=O)C(NC(C)=O)P(=O)(OC)OC.COC(=O)[C@H](CC=C(C)C)NC(C)=O.[CH2-]CC.[Rh]. The molecule has 0 saturated carbocycles. The van der Waals surface area contributed by atoms with E-state index in [1.165, 1.54) is 47.1 Å². The van der Waals surface area contributed by atoms with E-state index in [0.717, 1.165) is 50.8 Å². The third-order valence-corrected chi connectivity index (χ3v) is 6.91. The molecule has 0 rings (SSSR count). The average molecular weight is 866 g/mol. The molecule has 1 radical (unpaired) electrons. The number of hydrogen-bond donors (Lipinski definition) is 3. The minimum atomic E-state index is -3.72. The normalized spacial score (nSPS) is 10.6. The second kappa shape index (κ2) is 38.0. The van der Waals surface area contributed by atoms with Gasteiger partial charge in [-0.2, -0.15) is 6.42 Å². The Bertz CT molecular complexity index is 1280. The van der Waals surface area contributed by atoms with Crippen molar-refractivity contribution in [2.45, 2.75) is 93.9 Å². The van der Waals surface area contributed by atoms with Crippen molar-refractivity contribution in [3.05, 3.63) is 53.6 Å². The van der Waals surface area contributed by atoms with Crippen LogP contribution in [0.15, 0.2) is 46.7 Å². The fourth-order valence-electron chi connectivity index (χ4n) is 2.66. The zero-order valence-electron chi connectivity index (χ0n) is 33.8. The van der Waals surface area contributed by atoms with Crippen LogP contribution in [0.3, 0.4) is 0 Å². The molecule has 3 amide bonds. The number of methoxy groups -OCH3 is 3. The summed E-state index contributed by atoms with van der Waals surface area (Å²) >= 11 is 0. The summed E-state index contributed by atoms with van der Waals surface area (Å²) in [6.45, 7) is 20.8. The van der Waals surface area contributed by atoms with Crippen LogP contribution in [0.1, 0.15) is 82.1 Å². The number of esters is 3. The summed E-state index contributed by atoms with van der Waals surface area (Å²) in [5, 5.41) is 7.06. The number of carbonyl (C=O) groups excluding carboxylic acids is 7. The first-order valence-corrected chi connectivity index (χ1v) is 17.3. The molecular formula is C35H61N3O13PRh-. The van der Waals surface area contributed by atoms with Crippen LogP contribution in [0.5, 0.6) is 0 Å². The van der Waals surface area contributed by atoms with Crippen molar-refractivity contribution in [1.82, 2.24) is 16.0 Å². The Morgan fingerprint density at radius 3 is 1.36 bits per heavy atom. The van der Waals surface area contributed by atoms with Crippen LogP contribution in [0, 0.1) is 6.92 Å². The second-order valence-corrected chi connectivity index (χ2v) is 13.0. The minimum absolute atomic E-state index is 0. The van der Waals surface area contributed by atoms with Crippen molar-refractivity contribution in [2.24, 2.45) is 0 Å². The van der Waals surface area contributed by atoms with Crippen LogP contribution in [-0.4, -0.2) is 89.3 Å². The second-order valence-electron chi connectivity index (χ2n) is 10.7. The number of allylic oxidation sites excluding steroid dienone is 6. The molecule has 0 fully saturated rings. The summed E-state index contributed by atoms with van der Waals surface area (Å²) in [6.07, 6.45) is 8.91. The first kappa shape index (κ1) is 61.3. The standard InChI is InChI=1S/C10H17NO3.C10H15NO3.C7H14NO6P.C5H8O.C3H7.Rh/c2*1-7(2)5-6-9(10(13)14-4)11-8(3)12;1-5(9)8-6(7(10)12-2)15(11,13-3)14-4;1-5(2)3-4-6;1-3-2;/h5,9H,6H2,1-4H3,(H,11,12);5-6H,1-4H3,(H,11,12);6H,1-4H3,(H,8,9);3-4H,1-2H3;1,3H2,2H3;/q;;;;-1;/b;9-6-;;;;/t9-;;;;;/m0...../s1. The van der Waals surface area contributed by atoms with E-state index in [2.05, 4.69) is 46.1 Å². The van der Waals surface area contributed by atoms with Crippen LogP contribution in [0.4, 0.5) is 0 Å². The van der Waals surface area contributed by atoms with Crippen LogP contribution < -0.4 is 16.0 Å². The summed E-state index contributed by atoms with van der Waals surface area (Å²) < 4.78 is 34.4. The van der Waals surface area contributed by atoms with E-state index in [1.54, 1.807) is 6.08 Å². The van der Waals surface area contributed by atoms with Gasteiger partial charge >= 0.3 is 25.5 Å². The van der Waals surface area contributed by atoms with E-state index >= 15 is 0 Å². The number of carbonyl (C=O) groups is 7. The molecule has 0 saturated heterocycles. The van der Waals surface area contributed by atoms with Gasteiger partial charge < -0.3 is 46.1 Å². The molecule has 0 aromatic carbocycles. The Morgan fingerprint density at radius 2 is 1.09 bits per heavy atom. The van der Waals surface area contributed by atoms with E-state index in [0.29, 0.717) is 6.42 Å². The van der Waals surface area contributed by atoms with E-state index in [4.69, 9.17) is 0 Å². The maximum absolute atomic E-state index is 11.8. The topological polar surface area (TPSA) is 219 Å². The Balaban J connectivity index is -0.000000139.